The van der Waals surface area contributed by atoms with Gasteiger partial charge in [0.25, 0.3) is 0 Å². The van der Waals surface area contributed by atoms with E-state index in [1.807, 2.05) is 45.8 Å². The van der Waals surface area contributed by atoms with Crippen LogP contribution in [0.1, 0.15) is 29.9 Å². The van der Waals surface area contributed by atoms with Crippen molar-refractivity contribution in [2.24, 2.45) is 0 Å². The summed E-state index contributed by atoms with van der Waals surface area (Å²) in [6.45, 7) is 2.09. The maximum absolute atomic E-state index is 11.8. The molecule has 188 valence electrons. The molecular formula is C24H24N4O5S3. The predicted octanol–water partition coefficient (Wildman–Crippen LogP) is 4.98. The van der Waals surface area contributed by atoms with Crippen LogP contribution in [0.25, 0.3) is 10.6 Å². The Balaban J connectivity index is 1.56. The highest BCUT2D eigenvalue weighted by atomic mass is 32.2. The topological polar surface area (TPSA) is 131 Å². The number of ether oxygens (including phenoxy) is 1. The molecule has 0 amide bonds. The molecule has 0 radical (unpaired) electrons. The second-order valence-electron chi connectivity index (χ2n) is 7.74. The lowest BCUT2D eigenvalue weighted by molar-refractivity contribution is -0.142. The van der Waals surface area contributed by atoms with Gasteiger partial charge in [0.1, 0.15) is 5.01 Å². The molecule has 4 rings (SSSR count). The predicted molar refractivity (Wildman–Crippen MR) is 142 cm³/mol. The van der Waals surface area contributed by atoms with Crippen LogP contribution in [0.2, 0.25) is 0 Å². The number of carbonyl (C=O) groups excluding carboxylic acids is 1. The number of nitrogens with zero attached hydrogens (tertiary/aromatic N) is 2. The van der Waals surface area contributed by atoms with E-state index in [4.69, 9.17) is 14.3 Å². The molecule has 2 aromatic heterocycles. The Bertz CT molecular complexity index is 1400. The van der Waals surface area contributed by atoms with Gasteiger partial charge in [-0.3, -0.25) is 14.1 Å². The van der Waals surface area contributed by atoms with Gasteiger partial charge in [-0.15, -0.1) is 22.7 Å². The second kappa shape index (κ2) is 11.6. The molecule has 0 saturated carbocycles. The molecule has 0 spiro atoms. The van der Waals surface area contributed by atoms with Crippen LogP contribution < -0.4 is 10.0 Å². The van der Waals surface area contributed by atoms with E-state index in [9.17, 15) is 13.2 Å². The van der Waals surface area contributed by atoms with E-state index in [1.54, 1.807) is 42.5 Å². The van der Waals surface area contributed by atoms with E-state index in [1.165, 1.54) is 11.3 Å². The summed E-state index contributed by atoms with van der Waals surface area (Å²) in [4.78, 5) is 21.2. The van der Waals surface area contributed by atoms with Crippen molar-refractivity contribution < 1.29 is 22.5 Å². The average Bonchev–Trinajstić information content (AvgIpc) is 3.50. The normalized spacial score (nSPS) is 12.2. The molecule has 2 aromatic carbocycles. The van der Waals surface area contributed by atoms with Gasteiger partial charge in [0, 0.05) is 16.3 Å². The first-order chi connectivity index (χ1) is 17.3. The number of anilines is 2. The van der Waals surface area contributed by atoms with Crippen molar-refractivity contribution in [1.82, 2.24) is 9.97 Å². The number of hydrogen-bond donors (Lipinski definition) is 3. The summed E-state index contributed by atoms with van der Waals surface area (Å²) in [7, 11) is -4.34. The number of carbonyl (C=O) groups is 1. The van der Waals surface area contributed by atoms with E-state index < -0.39 is 10.3 Å². The maximum Gasteiger partial charge on any atom is 0.357 e. The lowest BCUT2D eigenvalue weighted by Crippen LogP contribution is -2.15. The number of thiazole rings is 2. The van der Waals surface area contributed by atoms with Gasteiger partial charge >= 0.3 is 16.3 Å². The summed E-state index contributed by atoms with van der Waals surface area (Å²) < 4.78 is 38.2. The van der Waals surface area contributed by atoms with Gasteiger partial charge < -0.3 is 10.1 Å². The van der Waals surface area contributed by atoms with E-state index in [0.717, 1.165) is 21.8 Å². The summed E-state index contributed by atoms with van der Waals surface area (Å²) >= 11 is 2.94. The molecule has 9 nitrogen and oxygen atoms in total. The zero-order valence-electron chi connectivity index (χ0n) is 19.2. The molecule has 0 bridgehead atoms. The molecule has 0 unspecified atom stereocenters. The van der Waals surface area contributed by atoms with Crippen molar-refractivity contribution in [3.05, 3.63) is 82.3 Å². The van der Waals surface area contributed by atoms with Crippen molar-refractivity contribution >= 4 is 49.8 Å². The average molecular weight is 545 g/mol. The Hall–Kier alpha value is -3.32. The van der Waals surface area contributed by atoms with Crippen LogP contribution in [-0.4, -0.2) is 35.5 Å². The summed E-state index contributed by atoms with van der Waals surface area (Å²) in [5.41, 5.74) is 3.67. The number of aromatic nitrogens is 2. The van der Waals surface area contributed by atoms with Crippen LogP contribution in [0.5, 0.6) is 0 Å². The molecule has 0 fully saturated rings. The van der Waals surface area contributed by atoms with Crippen LogP contribution in [0.3, 0.4) is 0 Å². The highest BCUT2D eigenvalue weighted by Crippen LogP contribution is 2.31. The smallest absolute Gasteiger partial charge is 0.357 e. The fourth-order valence-electron chi connectivity index (χ4n) is 3.45. The molecule has 0 aliphatic heterocycles. The summed E-state index contributed by atoms with van der Waals surface area (Å²) in [6.07, 6.45) is 0.644. The highest BCUT2D eigenvalue weighted by molar-refractivity contribution is 7.87. The van der Waals surface area contributed by atoms with Crippen molar-refractivity contribution in [3.8, 4) is 10.6 Å². The van der Waals surface area contributed by atoms with Crippen LogP contribution >= 0.6 is 22.7 Å². The molecule has 0 aliphatic rings. The van der Waals surface area contributed by atoms with Crippen LogP contribution in [0.15, 0.2) is 65.4 Å². The molecule has 0 saturated heterocycles. The van der Waals surface area contributed by atoms with Crippen LogP contribution in [0.4, 0.5) is 10.8 Å². The quantitative estimate of drug-likeness (QED) is 0.178. The van der Waals surface area contributed by atoms with Gasteiger partial charge in [0.2, 0.25) is 0 Å². The Kier molecular flexibility index (Phi) is 8.31. The minimum absolute atomic E-state index is 0.105. The van der Waals surface area contributed by atoms with Crippen molar-refractivity contribution in [3.63, 3.8) is 0 Å². The van der Waals surface area contributed by atoms with Gasteiger partial charge in [-0.25, -0.2) is 9.97 Å². The SMILES string of the molecule is CCOC(=O)Cc1csc(N[C@@H](Cc2ccc(NS(=O)(=O)O)cc2)c2csc(-c3ccccc3)n2)n1. The minimum Gasteiger partial charge on any atom is -0.466 e. The van der Waals surface area contributed by atoms with Gasteiger partial charge in [-0.1, -0.05) is 42.5 Å². The lowest BCUT2D eigenvalue weighted by Gasteiger charge is -2.17. The van der Waals surface area contributed by atoms with E-state index in [0.29, 0.717) is 23.9 Å². The molecular weight excluding hydrogens is 520 g/mol. The number of esters is 1. The molecule has 4 aromatic rings. The first kappa shape index (κ1) is 25.8. The Morgan fingerprint density at radius 3 is 2.50 bits per heavy atom. The molecule has 36 heavy (non-hydrogen) atoms. The fourth-order valence-corrected chi connectivity index (χ4v) is 5.52. The minimum atomic E-state index is -4.34. The molecule has 3 N–H and O–H groups in total. The van der Waals surface area contributed by atoms with Crippen molar-refractivity contribution in [2.75, 3.05) is 16.6 Å². The Morgan fingerprint density at radius 2 is 1.81 bits per heavy atom. The third-order valence-electron chi connectivity index (χ3n) is 5.02. The van der Waals surface area contributed by atoms with E-state index in [2.05, 4.69) is 10.3 Å². The first-order valence-corrected chi connectivity index (χ1v) is 14.2. The van der Waals surface area contributed by atoms with E-state index in [-0.39, 0.29) is 24.1 Å². The zero-order valence-corrected chi connectivity index (χ0v) is 21.7. The zero-order chi connectivity index (χ0) is 25.5. The monoisotopic (exact) mass is 544 g/mol. The fraction of sp³-hybridized carbons (Fsp3) is 0.208. The highest BCUT2D eigenvalue weighted by Gasteiger charge is 2.19. The van der Waals surface area contributed by atoms with Crippen LogP contribution in [0, 0.1) is 0 Å². The number of benzene rings is 2. The summed E-state index contributed by atoms with van der Waals surface area (Å²) in [5.74, 6) is -0.323. The largest absolute Gasteiger partial charge is 0.466 e. The second-order valence-corrected chi connectivity index (χ2v) is 10.6. The van der Waals surface area contributed by atoms with Gasteiger partial charge in [0.15, 0.2) is 5.13 Å². The Labute approximate surface area is 217 Å². The third kappa shape index (κ3) is 7.34. The van der Waals surface area contributed by atoms with E-state index >= 15 is 0 Å². The third-order valence-corrected chi connectivity index (χ3v) is 7.25. The maximum atomic E-state index is 11.8. The number of hydrogen-bond acceptors (Lipinski definition) is 9. The standard InChI is InChI=1S/C24H24N4O5S3/c1-2-33-22(29)13-19-14-35-24(25-19)27-20(12-16-8-10-18(11-9-16)28-36(30,31)32)21-15-34-23(26-21)17-6-4-3-5-7-17/h3-11,14-15,20,28H,2,12-13H2,1H3,(H,25,27)(H,30,31,32)/t20-/m0/s1. The van der Waals surface area contributed by atoms with Gasteiger partial charge in [0.05, 0.1) is 36.1 Å². The van der Waals surface area contributed by atoms with Crippen LogP contribution in [-0.2, 0) is 32.7 Å². The van der Waals surface area contributed by atoms with Crippen molar-refractivity contribution in [1.29, 1.82) is 0 Å². The van der Waals surface area contributed by atoms with Gasteiger partial charge in [-0.05, 0) is 31.0 Å². The lowest BCUT2D eigenvalue weighted by atomic mass is 10.0. The first-order valence-electron chi connectivity index (χ1n) is 11.0. The molecule has 0 aliphatic carbocycles. The van der Waals surface area contributed by atoms with Crippen molar-refractivity contribution in [2.45, 2.75) is 25.8 Å². The summed E-state index contributed by atoms with van der Waals surface area (Å²) in [5, 5.41) is 8.81. The Morgan fingerprint density at radius 1 is 1.06 bits per heavy atom. The number of rotatable bonds is 11. The number of nitrogens with one attached hydrogen (secondary N) is 2. The van der Waals surface area contributed by atoms with Gasteiger partial charge in [-0.2, -0.15) is 8.42 Å². The summed E-state index contributed by atoms with van der Waals surface area (Å²) in [6, 6.07) is 16.4. The molecule has 2 heterocycles. The molecule has 12 heteroatoms. The molecule has 1 atom stereocenters.